The molecular weight excluding hydrogens is 507 g/mol. The van der Waals surface area contributed by atoms with E-state index in [0.717, 1.165) is 12.1 Å². The first kappa shape index (κ1) is 26.0. The van der Waals surface area contributed by atoms with Gasteiger partial charge in [-0.25, -0.2) is 13.4 Å². The Balaban J connectivity index is 0.00000342. The Bertz CT molecular complexity index is 1470. The lowest BCUT2D eigenvalue weighted by molar-refractivity contribution is -0.0436. The standard InChI is InChI=1S/C23H18F3N3O4S.ClH/c1-2-27-18-10-9-14(34(31,32)23(24,25)26)12-19(18)29-22(30)16-13-20(21-8-5-11-33-21)28-17-7-4-3-6-15(16)17;/h3-13,27H,2H2,1H3,(H,29,30);1H. The molecule has 0 saturated heterocycles. The fraction of sp³-hybridized carbons (Fsp3) is 0.130. The monoisotopic (exact) mass is 525 g/mol. The average Bonchev–Trinajstić information content (AvgIpc) is 3.34. The molecule has 0 atom stereocenters. The number of benzene rings is 2. The van der Waals surface area contributed by atoms with E-state index in [1.54, 1.807) is 43.3 Å². The van der Waals surface area contributed by atoms with Gasteiger partial charge in [-0.1, -0.05) is 18.2 Å². The van der Waals surface area contributed by atoms with E-state index in [1.165, 1.54) is 18.4 Å². The van der Waals surface area contributed by atoms with Crippen LogP contribution in [0.15, 0.2) is 76.2 Å². The number of hydrogen-bond donors (Lipinski definition) is 2. The molecule has 12 heteroatoms. The molecule has 0 saturated carbocycles. The van der Waals surface area contributed by atoms with Gasteiger partial charge in [-0.3, -0.25) is 4.79 Å². The van der Waals surface area contributed by atoms with Crippen molar-refractivity contribution in [3.05, 3.63) is 72.5 Å². The maximum absolute atomic E-state index is 13.3. The number of para-hydroxylation sites is 1. The largest absolute Gasteiger partial charge is 0.501 e. The fourth-order valence-electron chi connectivity index (χ4n) is 3.38. The molecule has 0 fully saturated rings. The van der Waals surface area contributed by atoms with Crippen LogP contribution >= 0.6 is 12.4 Å². The Morgan fingerprint density at radius 1 is 1.03 bits per heavy atom. The predicted octanol–water partition coefficient (Wildman–Crippen LogP) is 5.89. The molecule has 4 aromatic rings. The highest BCUT2D eigenvalue weighted by Gasteiger charge is 2.47. The van der Waals surface area contributed by atoms with Crippen molar-refractivity contribution >= 4 is 50.4 Å². The number of halogens is 4. The van der Waals surface area contributed by atoms with Crippen LogP contribution in [-0.2, 0) is 9.84 Å². The topological polar surface area (TPSA) is 101 Å². The summed E-state index contributed by atoms with van der Waals surface area (Å²) in [6.07, 6.45) is 1.46. The van der Waals surface area contributed by atoms with E-state index in [0.29, 0.717) is 28.9 Å². The molecule has 35 heavy (non-hydrogen) atoms. The molecule has 2 aromatic carbocycles. The molecule has 2 aromatic heterocycles. The van der Waals surface area contributed by atoms with E-state index < -0.39 is 26.1 Å². The first-order valence-corrected chi connectivity index (χ1v) is 11.5. The number of nitrogens with zero attached hydrogens (tertiary/aromatic N) is 1. The number of nitrogens with one attached hydrogen (secondary N) is 2. The molecular formula is C23H19ClF3N3O4S. The van der Waals surface area contributed by atoms with Crippen molar-refractivity contribution in [3.8, 4) is 11.5 Å². The Morgan fingerprint density at radius 2 is 1.77 bits per heavy atom. The Morgan fingerprint density at radius 3 is 2.43 bits per heavy atom. The molecule has 0 aliphatic carbocycles. The molecule has 0 spiro atoms. The van der Waals surface area contributed by atoms with Crippen molar-refractivity contribution in [2.45, 2.75) is 17.3 Å². The number of anilines is 2. The van der Waals surface area contributed by atoms with Crippen LogP contribution < -0.4 is 10.6 Å². The Labute approximate surface area is 204 Å². The molecule has 0 bridgehead atoms. The normalized spacial score (nSPS) is 11.7. The quantitative estimate of drug-likeness (QED) is 0.325. The molecule has 184 valence electrons. The van der Waals surface area contributed by atoms with Gasteiger partial charge in [0.1, 0.15) is 5.69 Å². The molecule has 2 heterocycles. The fourth-order valence-corrected chi connectivity index (χ4v) is 4.16. The smallest absolute Gasteiger partial charge is 0.463 e. The number of fused-ring (bicyclic) bond motifs is 1. The minimum atomic E-state index is -5.60. The minimum absolute atomic E-state index is 0. The minimum Gasteiger partial charge on any atom is -0.463 e. The lowest BCUT2D eigenvalue weighted by Crippen LogP contribution is -2.23. The van der Waals surface area contributed by atoms with Gasteiger partial charge >= 0.3 is 5.51 Å². The molecule has 0 unspecified atom stereocenters. The summed E-state index contributed by atoms with van der Waals surface area (Å²) >= 11 is 0. The van der Waals surface area contributed by atoms with Crippen molar-refractivity contribution < 1.29 is 30.8 Å². The third-order valence-corrected chi connectivity index (χ3v) is 6.44. The van der Waals surface area contributed by atoms with E-state index >= 15 is 0 Å². The predicted molar refractivity (Wildman–Crippen MR) is 128 cm³/mol. The highest BCUT2D eigenvalue weighted by molar-refractivity contribution is 7.92. The van der Waals surface area contributed by atoms with E-state index in [2.05, 4.69) is 15.6 Å². The lowest BCUT2D eigenvalue weighted by atomic mass is 10.1. The molecule has 2 N–H and O–H groups in total. The van der Waals surface area contributed by atoms with Gasteiger partial charge in [0.15, 0.2) is 5.76 Å². The van der Waals surface area contributed by atoms with Crippen LogP contribution in [0.3, 0.4) is 0 Å². The second-order valence-electron chi connectivity index (χ2n) is 7.19. The number of aromatic nitrogens is 1. The van der Waals surface area contributed by atoms with Crippen LogP contribution in [0.5, 0.6) is 0 Å². The number of carbonyl (C=O) groups is 1. The van der Waals surface area contributed by atoms with E-state index in [1.807, 2.05) is 0 Å². The second kappa shape index (κ2) is 9.96. The number of carbonyl (C=O) groups excluding carboxylic acids is 1. The summed E-state index contributed by atoms with van der Waals surface area (Å²) in [5.74, 6) is -0.237. The number of furan rings is 1. The summed E-state index contributed by atoms with van der Waals surface area (Å²) in [7, 11) is -5.60. The molecule has 0 aliphatic heterocycles. The zero-order valence-corrected chi connectivity index (χ0v) is 19.7. The first-order chi connectivity index (χ1) is 16.1. The van der Waals surface area contributed by atoms with Crippen LogP contribution in [0.2, 0.25) is 0 Å². The van der Waals surface area contributed by atoms with Crippen LogP contribution in [0.25, 0.3) is 22.4 Å². The highest BCUT2D eigenvalue weighted by atomic mass is 35.5. The molecule has 0 aliphatic rings. The number of pyridine rings is 1. The molecule has 0 radical (unpaired) electrons. The highest BCUT2D eigenvalue weighted by Crippen LogP contribution is 2.34. The summed E-state index contributed by atoms with van der Waals surface area (Å²) in [6.45, 7) is 2.13. The third-order valence-electron chi connectivity index (χ3n) is 4.96. The number of amides is 1. The maximum Gasteiger partial charge on any atom is 0.501 e. The number of rotatable bonds is 6. The van der Waals surface area contributed by atoms with Crippen LogP contribution in [0.4, 0.5) is 24.5 Å². The van der Waals surface area contributed by atoms with E-state index in [-0.39, 0.29) is 29.3 Å². The van der Waals surface area contributed by atoms with Crippen molar-refractivity contribution in [2.24, 2.45) is 0 Å². The van der Waals surface area contributed by atoms with E-state index in [9.17, 15) is 26.4 Å². The SMILES string of the molecule is CCNc1ccc(S(=O)(=O)C(F)(F)F)cc1NC(=O)c1cc(-c2ccco2)nc2ccccc12.Cl. The summed E-state index contributed by atoms with van der Waals surface area (Å²) in [5.41, 5.74) is -4.26. The van der Waals surface area contributed by atoms with Gasteiger partial charge in [0.25, 0.3) is 15.7 Å². The van der Waals surface area contributed by atoms with Crippen LogP contribution in [0.1, 0.15) is 17.3 Å². The molecule has 4 rings (SSSR count). The maximum atomic E-state index is 13.3. The zero-order chi connectivity index (χ0) is 24.5. The van der Waals surface area contributed by atoms with Gasteiger partial charge in [-0.15, -0.1) is 12.4 Å². The van der Waals surface area contributed by atoms with Crippen molar-refractivity contribution in [2.75, 3.05) is 17.2 Å². The van der Waals surface area contributed by atoms with Crippen molar-refractivity contribution in [1.29, 1.82) is 0 Å². The number of sulfone groups is 1. The third kappa shape index (κ3) is 5.10. The van der Waals surface area contributed by atoms with Crippen molar-refractivity contribution in [3.63, 3.8) is 0 Å². The Kier molecular flexibility index (Phi) is 7.41. The Hall–Kier alpha value is -3.57. The zero-order valence-electron chi connectivity index (χ0n) is 18.1. The summed E-state index contributed by atoms with van der Waals surface area (Å²) in [6, 6.07) is 14.5. The lowest BCUT2D eigenvalue weighted by Gasteiger charge is -2.16. The second-order valence-corrected chi connectivity index (χ2v) is 9.13. The van der Waals surface area contributed by atoms with Crippen molar-refractivity contribution in [1.82, 2.24) is 4.98 Å². The van der Waals surface area contributed by atoms with Gasteiger partial charge < -0.3 is 15.1 Å². The number of alkyl halides is 3. The van der Waals surface area contributed by atoms with Crippen LogP contribution in [0, 0.1) is 0 Å². The first-order valence-electron chi connectivity index (χ1n) is 10.1. The summed E-state index contributed by atoms with van der Waals surface area (Å²) in [4.78, 5) is 16.8. The summed E-state index contributed by atoms with van der Waals surface area (Å²) < 4.78 is 68.4. The summed E-state index contributed by atoms with van der Waals surface area (Å²) in [5, 5.41) is 5.95. The van der Waals surface area contributed by atoms with Gasteiger partial charge in [0, 0.05) is 11.9 Å². The van der Waals surface area contributed by atoms with Gasteiger partial charge in [0.2, 0.25) is 0 Å². The molecule has 7 nitrogen and oxygen atoms in total. The van der Waals surface area contributed by atoms with Gasteiger partial charge in [-0.05, 0) is 49.4 Å². The van der Waals surface area contributed by atoms with Gasteiger partial charge in [-0.2, -0.15) is 13.2 Å². The molecule has 1 amide bonds. The van der Waals surface area contributed by atoms with Crippen LogP contribution in [-0.4, -0.2) is 31.4 Å². The number of hydrogen-bond acceptors (Lipinski definition) is 6. The average molecular weight is 526 g/mol. The van der Waals surface area contributed by atoms with Gasteiger partial charge in [0.05, 0.1) is 33.6 Å². The van der Waals surface area contributed by atoms with E-state index in [4.69, 9.17) is 4.42 Å².